The lowest BCUT2D eigenvalue weighted by Gasteiger charge is -2.09. The van der Waals surface area contributed by atoms with Crippen molar-refractivity contribution >= 4 is 49.1 Å². The monoisotopic (exact) mass is 962 g/mol. The van der Waals surface area contributed by atoms with Gasteiger partial charge in [-0.05, 0) is 146 Å². The summed E-state index contributed by atoms with van der Waals surface area (Å²) in [5, 5.41) is 0. The van der Waals surface area contributed by atoms with Crippen LogP contribution in [0.1, 0.15) is 157 Å². The summed E-state index contributed by atoms with van der Waals surface area (Å²) >= 11 is 8.52. The van der Waals surface area contributed by atoms with Gasteiger partial charge in [-0.25, -0.2) is 19.2 Å². The molecular weight excluding hydrogens is 897 g/mol. The summed E-state index contributed by atoms with van der Waals surface area (Å²) in [6.07, 6.45) is 21.9. The van der Waals surface area contributed by atoms with Crippen LogP contribution in [-0.2, 0) is 0 Å². The average Bonchev–Trinajstić information content (AvgIpc) is 3.35. The minimum absolute atomic E-state index is 0.152. The Morgan fingerprint density at radius 1 is 0.294 bits per heavy atom. The highest BCUT2D eigenvalue weighted by Gasteiger charge is 2.15. The van der Waals surface area contributed by atoms with Crippen LogP contribution in [0, 0.1) is 0 Å². The van der Waals surface area contributed by atoms with E-state index in [1.165, 1.54) is 144 Å². The second kappa shape index (κ2) is 31.3. The number of thiol groups is 2. The molecule has 0 amide bonds. The van der Waals surface area contributed by atoms with Crippen molar-refractivity contribution in [2.24, 2.45) is 0 Å². The van der Waals surface area contributed by atoms with Crippen LogP contribution in [0.25, 0.3) is 0 Å². The molecule has 5 rings (SSSR count). The molecule has 0 saturated heterocycles. The molecule has 0 atom stereocenters. The minimum atomic E-state index is -0.662. The molecule has 0 aliphatic rings. The molecular formula is C56H66O10S2. The van der Waals surface area contributed by atoms with E-state index in [4.69, 9.17) is 28.4 Å². The van der Waals surface area contributed by atoms with E-state index in [0.717, 1.165) is 37.2 Å². The van der Waals surface area contributed by atoms with Crippen LogP contribution in [0.3, 0.4) is 0 Å². The van der Waals surface area contributed by atoms with Crippen LogP contribution in [0.5, 0.6) is 34.5 Å². The fourth-order valence-corrected chi connectivity index (χ4v) is 7.69. The van der Waals surface area contributed by atoms with Crippen LogP contribution < -0.4 is 28.4 Å². The van der Waals surface area contributed by atoms with Crippen molar-refractivity contribution in [1.29, 1.82) is 0 Å². The van der Waals surface area contributed by atoms with E-state index in [0.29, 0.717) is 35.8 Å². The Bertz CT molecular complexity index is 2090. The molecule has 0 aliphatic carbocycles. The number of rotatable bonds is 32. The van der Waals surface area contributed by atoms with Gasteiger partial charge in [0.1, 0.15) is 34.5 Å². The molecule has 0 spiro atoms. The van der Waals surface area contributed by atoms with E-state index in [9.17, 15) is 19.2 Å². The molecule has 0 saturated carbocycles. The summed E-state index contributed by atoms with van der Waals surface area (Å²) in [7, 11) is 0. The van der Waals surface area contributed by atoms with Crippen molar-refractivity contribution in [3.05, 3.63) is 144 Å². The zero-order valence-corrected chi connectivity index (χ0v) is 40.9. The van der Waals surface area contributed by atoms with Crippen molar-refractivity contribution in [2.45, 2.75) is 116 Å². The van der Waals surface area contributed by atoms with Crippen molar-refractivity contribution in [1.82, 2.24) is 0 Å². The van der Waals surface area contributed by atoms with Crippen LogP contribution in [0.4, 0.5) is 0 Å². The van der Waals surface area contributed by atoms with Gasteiger partial charge in [-0.1, -0.05) is 96.0 Å². The molecule has 5 aromatic rings. The number of ether oxygens (including phenoxy) is 6. The molecule has 0 N–H and O–H groups in total. The molecule has 0 heterocycles. The first kappa shape index (κ1) is 53.2. The lowest BCUT2D eigenvalue weighted by molar-refractivity contribution is 0.0723. The first-order valence-electron chi connectivity index (χ1n) is 24.2. The molecule has 10 nitrogen and oxygen atoms in total. The number of hydrogen-bond acceptors (Lipinski definition) is 12. The summed E-state index contributed by atoms with van der Waals surface area (Å²) in [6.45, 7) is 1.26. The maximum absolute atomic E-state index is 13.0. The molecule has 0 fully saturated rings. The fourth-order valence-electron chi connectivity index (χ4n) is 7.24. The minimum Gasteiger partial charge on any atom is -0.494 e. The third-order valence-corrected chi connectivity index (χ3v) is 11.8. The Hall–Kier alpha value is -5.72. The van der Waals surface area contributed by atoms with E-state index in [1.807, 2.05) is 0 Å². The average molecular weight is 963 g/mol. The molecule has 0 aromatic heterocycles. The van der Waals surface area contributed by atoms with Gasteiger partial charge in [0.05, 0.1) is 35.5 Å². The summed E-state index contributed by atoms with van der Waals surface area (Å²) in [4.78, 5) is 51.6. The van der Waals surface area contributed by atoms with Gasteiger partial charge in [-0.15, -0.1) is 0 Å². The standard InChI is InChI=1S/C56H66O10S2/c57-53(43-22-30-47(31-23-43)61-38-15-11-7-3-1-5-9-13-17-40-67)63-49-34-26-45(27-35-49)55(59)65-51-20-19-21-52(42-51)66-56(60)46-28-36-50(37-29-46)64-54(58)44-24-32-48(33-25-44)62-39-16-12-8-4-2-6-10-14-18-41-68/h19-37,42,67-68H,1-18,38-41H2. The van der Waals surface area contributed by atoms with Gasteiger partial charge in [0.25, 0.3) is 0 Å². The van der Waals surface area contributed by atoms with Crippen LogP contribution in [0.2, 0.25) is 0 Å². The van der Waals surface area contributed by atoms with Gasteiger partial charge in [0.15, 0.2) is 0 Å². The highest BCUT2D eigenvalue weighted by molar-refractivity contribution is 7.80. The zero-order valence-electron chi connectivity index (χ0n) is 39.1. The Labute approximate surface area is 413 Å². The largest absolute Gasteiger partial charge is 0.494 e. The van der Waals surface area contributed by atoms with E-state index in [2.05, 4.69) is 25.3 Å². The van der Waals surface area contributed by atoms with Crippen LogP contribution >= 0.6 is 25.3 Å². The van der Waals surface area contributed by atoms with E-state index >= 15 is 0 Å². The third-order valence-electron chi connectivity index (χ3n) is 11.2. The Morgan fingerprint density at radius 2 is 0.544 bits per heavy atom. The van der Waals surface area contributed by atoms with Crippen LogP contribution in [-0.4, -0.2) is 48.6 Å². The fraction of sp³-hybridized carbons (Fsp3) is 0.393. The second-order valence-corrected chi connectivity index (χ2v) is 17.5. The SMILES string of the molecule is O=C(Oc1ccc(C(=O)Oc2cccc(OC(=O)c3ccc(OC(=O)c4ccc(OCCCCCCCCCCCS)cc4)cc3)c2)cc1)c1ccc(OCCCCCCCCCCCS)cc1. The number of unbranched alkanes of at least 4 members (excludes halogenated alkanes) is 16. The Balaban J connectivity index is 0.973. The topological polar surface area (TPSA) is 124 Å². The number of carbonyl (C=O) groups excluding carboxylic acids is 4. The maximum Gasteiger partial charge on any atom is 0.343 e. The quantitative estimate of drug-likeness (QED) is 0.0186. The molecule has 12 heteroatoms. The van der Waals surface area contributed by atoms with Gasteiger partial charge >= 0.3 is 23.9 Å². The van der Waals surface area contributed by atoms with E-state index in [1.54, 1.807) is 66.7 Å². The zero-order chi connectivity index (χ0) is 48.0. The summed E-state index contributed by atoms with van der Waals surface area (Å²) in [6, 6.07) is 31.7. The Kier molecular flexibility index (Phi) is 24.5. The Morgan fingerprint density at radius 3 is 0.838 bits per heavy atom. The first-order chi connectivity index (χ1) is 33.3. The van der Waals surface area contributed by atoms with Gasteiger partial charge in [-0.2, -0.15) is 25.3 Å². The molecule has 68 heavy (non-hydrogen) atoms. The van der Waals surface area contributed by atoms with Gasteiger partial charge in [-0.3, -0.25) is 0 Å². The summed E-state index contributed by atoms with van der Waals surface area (Å²) in [5.74, 6) is 1.76. The molecule has 0 unspecified atom stereocenters. The number of esters is 4. The summed E-state index contributed by atoms with van der Waals surface area (Å²) < 4.78 is 33.8. The smallest absolute Gasteiger partial charge is 0.343 e. The predicted octanol–water partition coefficient (Wildman–Crippen LogP) is 14.2. The van der Waals surface area contributed by atoms with Gasteiger partial charge in [0.2, 0.25) is 0 Å². The van der Waals surface area contributed by atoms with E-state index < -0.39 is 23.9 Å². The third kappa shape index (κ3) is 20.2. The van der Waals surface area contributed by atoms with Gasteiger partial charge in [0, 0.05) is 6.07 Å². The number of carbonyl (C=O) groups is 4. The lowest BCUT2D eigenvalue weighted by atomic mass is 10.1. The van der Waals surface area contributed by atoms with Crippen molar-refractivity contribution in [3.63, 3.8) is 0 Å². The molecule has 5 aromatic carbocycles. The van der Waals surface area contributed by atoms with E-state index in [-0.39, 0.29) is 34.1 Å². The molecule has 362 valence electrons. The summed E-state index contributed by atoms with van der Waals surface area (Å²) in [5.41, 5.74) is 1.17. The molecule has 0 aliphatic heterocycles. The number of hydrogen-bond donors (Lipinski definition) is 2. The van der Waals surface area contributed by atoms with Crippen molar-refractivity contribution in [3.8, 4) is 34.5 Å². The van der Waals surface area contributed by atoms with Crippen LogP contribution in [0.15, 0.2) is 121 Å². The van der Waals surface area contributed by atoms with Crippen molar-refractivity contribution < 1.29 is 47.6 Å². The maximum atomic E-state index is 13.0. The highest BCUT2D eigenvalue weighted by atomic mass is 32.1. The van der Waals surface area contributed by atoms with Crippen molar-refractivity contribution in [2.75, 3.05) is 24.7 Å². The number of benzene rings is 5. The lowest BCUT2D eigenvalue weighted by Crippen LogP contribution is -2.11. The predicted molar refractivity (Wildman–Crippen MR) is 274 cm³/mol. The molecule has 0 bridgehead atoms. The highest BCUT2D eigenvalue weighted by Crippen LogP contribution is 2.24. The first-order valence-corrected chi connectivity index (χ1v) is 25.4. The molecule has 0 radical (unpaired) electrons. The second-order valence-electron chi connectivity index (χ2n) is 16.6. The van der Waals surface area contributed by atoms with Gasteiger partial charge < -0.3 is 28.4 Å². The normalized spacial score (nSPS) is 10.9.